The van der Waals surface area contributed by atoms with Gasteiger partial charge in [0.2, 0.25) is 5.91 Å². The lowest BCUT2D eigenvalue weighted by Crippen LogP contribution is -2.14. The van der Waals surface area contributed by atoms with E-state index in [-0.39, 0.29) is 5.91 Å². The van der Waals surface area contributed by atoms with Gasteiger partial charge >= 0.3 is 0 Å². The van der Waals surface area contributed by atoms with Gasteiger partial charge in [-0.2, -0.15) is 5.10 Å². The first kappa shape index (κ1) is 9.21. The molecule has 2 rings (SSSR count). The van der Waals surface area contributed by atoms with Gasteiger partial charge in [-0.25, -0.2) is 0 Å². The lowest BCUT2D eigenvalue weighted by Gasteiger charge is -2.07. The molecule has 1 aliphatic rings. The molecule has 0 spiro atoms. The molecule has 1 amide bonds. The van der Waals surface area contributed by atoms with Crippen LogP contribution in [0.4, 0.5) is 5.82 Å². The van der Waals surface area contributed by atoms with E-state index in [2.05, 4.69) is 15.7 Å². The molecule has 0 radical (unpaired) electrons. The summed E-state index contributed by atoms with van der Waals surface area (Å²) in [6.45, 7) is 3.48. The molecular formula is C9H14N4O. The SMILES string of the molecule is CC(=O)Nc1ccn([C@@H]2CCNC2)n1. The zero-order chi connectivity index (χ0) is 9.97. The summed E-state index contributed by atoms with van der Waals surface area (Å²) in [7, 11) is 0. The van der Waals surface area contributed by atoms with Crippen LogP contribution in [0.25, 0.3) is 0 Å². The molecule has 0 bridgehead atoms. The van der Waals surface area contributed by atoms with Gasteiger partial charge in [-0.05, 0) is 13.0 Å². The molecule has 0 aliphatic carbocycles. The van der Waals surface area contributed by atoms with E-state index in [1.165, 1.54) is 6.92 Å². The van der Waals surface area contributed by atoms with Crippen molar-refractivity contribution in [1.82, 2.24) is 15.1 Å². The van der Waals surface area contributed by atoms with E-state index in [1.807, 2.05) is 16.9 Å². The van der Waals surface area contributed by atoms with Crippen molar-refractivity contribution in [1.29, 1.82) is 0 Å². The molecule has 1 aromatic heterocycles. The Morgan fingerprint density at radius 1 is 1.79 bits per heavy atom. The number of nitrogens with zero attached hydrogens (tertiary/aromatic N) is 2. The second kappa shape index (κ2) is 3.79. The van der Waals surface area contributed by atoms with Crippen LogP contribution in [-0.4, -0.2) is 28.8 Å². The van der Waals surface area contributed by atoms with E-state index >= 15 is 0 Å². The first-order valence-corrected chi connectivity index (χ1v) is 4.79. The van der Waals surface area contributed by atoms with Crippen molar-refractivity contribution in [3.8, 4) is 0 Å². The number of anilines is 1. The summed E-state index contributed by atoms with van der Waals surface area (Å²) >= 11 is 0. The monoisotopic (exact) mass is 194 g/mol. The molecule has 1 fully saturated rings. The molecule has 0 unspecified atom stereocenters. The van der Waals surface area contributed by atoms with E-state index in [4.69, 9.17) is 0 Å². The highest BCUT2D eigenvalue weighted by Gasteiger charge is 2.16. The van der Waals surface area contributed by atoms with Gasteiger partial charge in [-0.3, -0.25) is 9.48 Å². The van der Waals surface area contributed by atoms with Gasteiger partial charge in [-0.15, -0.1) is 0 Å². The Kier molecular flexibility index (Phi) is 2.49. The average Bonchev–Trinajstić information content (AvgIpc) is 2.69. The first-order valence-electron chi connectivity index (χ1n) is 4.79. The third-order valence-electron chi connectivity index (χ3n) is 2.32. The smallest absolute Gasteiger partial charge is 0.222 e. The van der Waals surface area contributed by atoms with E-state index in [9.17, 15) is 4.79 Å². The van der Waals surface area contributed by atoms with Crippen LogP contribution >= 0.6 is 0 Å². The maximum absolute atomic E-state index is 10.8. The zero-order valence-electron chi connectivity index (χ0n) is 8.16. The number of amides is 1. The Balaban J connectivity index is 2.05. The number of rotatable bonds is 2. The number of nitrogens with one attached hydrogen (secondary N) is 2. The van der Waals surface area contributed by atoms with Gasteiger partial charge in [0.1, 0.15) is 0 Å². The maximum Gasteiger partial charge on any atom is 0.222 e. The van der Waals surface area contributed by atoms with Crippen molar-refractivity contribution in [2.75, 3.05) is 18.4 Å². The Morgan fingerprint density at radius 2 is 2.64 bits per heavy atom. The highest BCUT2D eigenvalue weighted by atomic mass is 16.1. The second-order valence-electron chi connectivity index (χ2n) is 3.51. The summed E-state index contributed by atoms with van der Waals surface area (Å²) in [5.41, 5.74) is 0. The zero-order valence-corrected chi connectivity index (χ0v) is 8.16. The molecule has 2 heterocycles. The molecule has 2 N–H and O–H groups in total. The number of hydrogen-bond donors (Lipinski definition) is 2. The Hall–Kier alpha value is -1.36. The van der Waals surface area contributed by atoms with Gasteiger partial charge in [0.25, 0.3) is 0 Å². The molecule has 0 aromatic carbocycles. The fourth-order valence-corrected chi connectivity index (χ4v) is 1.65. The van der Waals surface area contributed by atoms with Crippen LogP contribution in [0.5, 0.6) is 0 Å². The van der Waals surface area contributed by atoms with E-state index in [0.717, 1.165) is 19.5 Å². The molecule has 76 valence electrons. The van der Waals surface area contributed by atoms with Crippen LogP contribution in [0.3, 0.4) is 0 Å². The van der Waals surface area contributed by atoms with Gasteiger partial charge < -0.3 is 10.6 Å². The van der Waals surface area contributed by atoms with E-state index in [1.54, 1.807) is 0 Å². The fraction of sp³-hybridized carbons (Fsp3) is 0.556. The van der Waals surface area contributed by atoms with Crippen LogP contribution in [0.15, 0.2) is 12.3 Å². The second-order valence-corrected chi connectivity index (χ2v) is 3.51. The third kappa shape index (κ3) is 1.93. The summed E-state index contributed by atoms with van der Waals surface area (Å²) in [5, 5.41) is 10.2. The van der Waals surface area contributed by atoms with Crippen LogP contribution in [-0.2, 0) is 4.79 Å². The van der Waals surface area contributed by atoms with Crippen molar-refractivity contribution in [2.45, 2.75) is 19.4 Å². The largest absolute Gasteiger partial charge is 0.315 e. The van der Waals surface area contributed by atoms with E-state index < -0.39 is 0 Å². The average molecular weight is 194 g/mol. The fourth-order valence-electron chi connectivity index (χ4n) is 1.65. The van der Waals surface area contributed by atoms with Crippen molar-refractivity contribution >= 4 is 11.7 Å². The molecule has 1 aromatic rings. The van der Waals surface area contributed by atoms with Crippen molar-refractivity contribution < 1.29 is 4.79 Å². The molecular weight excluding hydrogens is 180 g/mol. The van der Waals surface area contributed by atoms with Crippen molar-refractivity contribution in [2.24, 2.45) is 0 Å². The highest BCUT2D eigenvalue weighted by molar-refractivity contribution is 5.87. The normalized spacial score (nSPS) is 21.1. The molecule has 14 heavy (non-hydrogen) atoms. The predicted molar refractivity (Wildman–Crippen MR) is 53.1 cm³/mol. The standard InChI is InChI=1S/C9H14N4O/c1-7(14)11-9-3-5-13(12-9)8-2-4-10-6-8/h3,5,8,10H,2,4,6H2,1H3,(H,11,12,14)/t8-/m1/s1. The van der Waals surface area contributed by atoms with Crippen molar-refractivity contribution in [3.63, 3.8) is 0 Å². The minimum absolute atomic E-state index is 0.0835. The van der Waals surface area contributed by atoms with Crippen molar-refractivity contribution in [3.05, 3.63) is 12.3 Å². The Bertz CT molecular complexity index is 327. The van der Waals surface area contributed by atoms with Crippen LogP contribution < -0.4 is 10.6 Å². The highest BCUT2D eigenvalue weighted by Crippen LogP contribution is 2.15. The molecule has 1 atom stereocenters. The molecule has 0 saturated carbocycles. The topological polar surface area (TPSA) is 59.0 Å². The van der Waals surface area contributed by atoms with E-state index in [0.29, 0.717) is 11.9 Å². The minimum atomic E-state index is -0.0835. The van der Waals surface area contributed by atoms with Gasteiger partial charge in [0, 0.05) is 25.7 Å². The number of carbonyl (C=O) groups excluding carboxylic acids is 1. The summed E-state index contributed by atoms with van der Waals surface area (Å²) in [6, 6.07) is 2.25. The summed E-state index contributed by atoms with van der Waals surface area (Å²) in [5.74, 6) is 0.546. The summed E-state index contributed by atoms with van der Waals surface area (Å²) < 4.78 is 1.91. The van der Waals surface area contributed by atoms with Gasteiger partial charge in [0.05, 0.1) is 6.04 Å². The lowest BCUT2D eigenvalue weighted by atomic mass is 10.3. The first-order chi connectivity index (χ1) is 6.75. The summed E-state index contributed by atoms with van der Waals surface area (Å²) in [4.78, 5) is 10.8. The molecule has 1 saturated heterocycles. The number of carbonyl (C=O) groups is 1. The number of hydrogen-bond acceptors (Lipinski definition) is 3. The van der Waals surface area contributed by atoms with Gasteiger partial charge in [-0.1, -0.05) is 0 Å². The van der Waals surface area contributed by atoms with Crippen LogP contribution in [0, 0.1) is 0 Å². The molecule has 5 nitrogen and oxygen atoms in total. The quantitative estimate of drug-likeness (QED) is 0.715. The number of aromatic nitrogens is 2. The van der Waals surface area contributed by atoms with Gasteiger partial charge in [0.15, 0.2) is 5.82 Å². The predicted octanol–water partition coefficient (Wildman–Crippen LogP) is 0.376. The van der Waals surface area contributed by atoms with Crippen LogP contribution in [0.1, 0.15) is 19.4 Å². The Morgan fingerprint density at radius 3 is 3.29 bits per heavy atom. The molecule has 1 aliphatic heterocycles. The minimum Gasteiger partial charge on any atom is -0.315 e. The molecule has 5 heteroatoms. The lowest BCUT2D eigenvalue weighted by molar-refractivity contribution is -0.114. The van der Waals surface area contributed by atoms with Crippen LogP contribution in [0.2, 0.25) is 0 Å². The third-order valence-corrected chi connectivity index (χ3v) is 2.32. The Labute approximate surface area is 82.5 Å². The maximum atomic E-state index is 10.8. The summed E-state index contributed by atoms with van der Waals surface area (Å²) in [6.07, 6.45) is 3.00.